The third kappa shape index (κ3) is 5.89. The largest absolute Gasteiger partial charge is 0.481 e. The van der Waals surface area contributed by atoms with Gasteiger partial charge in [0, 0.05) is 18.2 Å². The van der Waals surface area contributed by atoms with E-state index in [-0.39, 0.29) is 29.8 Å². The molecule has 2 atom stereocenters. The zero-order chi connectivity index (χ0) is 20.8. The normalized spacial score (nSPS) is 15.3. The Labute approximate surface area is 167 Å². The molecule has 9 nitrogen and oxygen atoms in total. The first-order valence-electron chi connectivity index (χ1n) is 9.51. The van der Waals surface area contributed by atoms with Crippen LogP contribution in [0.15, 0.2) is 36.4 Å². The molecule has 29 heavy (non-hydrogen) atoms. The summed E-state index contributed by atoms with van der Waals surface area (Å²) >= 11 is 0. The van der Waals surface area contributed by atoms with Crippen LogP contribution in [0.4, 0.5) is 0 Å². The predicted molar refractivity (Wildman–Crippen MR) is 103 cm³/mol. The van der Waals surface area contributed by atoms with E-state index in [2.05, 4.69) is 20.8 Å². The van der Waals surface area contributed by atoms with Gasteiger partial charge in [-0.15, -0.1) is 0 Å². The summed E-state index contributed by atoms with van der Waals surface area (Å²) in [6, 6.07) is 10.4. The van der Waals surface area contributed by atoms with E-state index in [0.717, 1.165) is 18.4 Å². The highest BCUT2D eigenvalue weighted by atomic mass is 16.4. The topological polar surface area (TPSA) is 144 Å². The lowest BCUT2D eigenvalue weighted by atomic mass is 9.95. The number of aromatic amines is 1. The molecule has 0 aliphatic heterocycles. The Morgan fingerprint density at radius 3 is 2.52 bits per heavy atom. The van der Waals surface area contributed by atoms with Crippen LogP contribution in [0.25, 0.3) is 0 Å². The smallest absolute Gasteiger partial charge is 0.308 e. The van der Waals surface area contributed by atoms with Crippen molar-refractivity contribution >= 4 is 17.8 Å². The summed E-state index contributed by atoms with van der Waals surface area (Å²) in [6.07, 6.45) is 2.36. The number of carbonyl (C=O) groups is 3. The lowest BCUT2D eigenvalue weighted by Crippen LogP contribution is -2.40. The van der Waals surface area contributed by atoms with Crippen molar-refractivity contribution in [3.8, 4) is 0 Å². The molecule has 1 aromatic heterocycles. The molecule has 154 valence electrons. The second-order valence-electron chi connectivity index (χ2n) is 7.23. The fourth-order valence-corrected chi connectivity index (χ4v) is 2.99. The molecule has 5 N–H and O–H groups in total. The lowest BCUT2D eigenvalue weighted by molar-refractivity contribution is -0.143. The van der Waals surface area contributed by atoms with Crippen LogP contribution in [0.2, 0.25) is 0 Å². The fourth-order valence-electron chi connectivity index (χ4n) is 2.99. The third-order valence-electron chi connectivity index (χ3n) is 4.77. The molecule has 2 aromatic rings. The Hall–Kier alpha value is -3.20. The van der Waals surface area contributed by atoms with Gasteiger partial charge in [0.1, 0.15) is 5.69 Å². The van der Waals surface area contributed by atoms with Crippen molar-refractivity contribution < 1.29 is 24.6 Å². The number of aliphatic hydroxyl groups is 1. The number of aliphatic carboxylic acids is 1. The van der Waals surface area contributed by atoms with Crippen molar-refractivity contribution in [2.45, 2.75) is 37.8 Å². The van der Waals surface area contributed by atoms with E-state index < -0.39 is 30.4 Å². The van der Waals surface area contributed by atoms with E-state index in [1.165, 1.54) is 6.07 Å². The molecule has 0 bridgehead atoms. The number of H-pyrrole nitrogens is 1. The number of amides is 2. The number of carboxylic acid groups (broad SMARTS) is 1. The quantitative estimate of drug-likeness (QED) is 0.398. The van der Waals surface area contributed by atoms with Crippen LogP contribution in [-0.4, -0.2) is 56.9 Å². The third-order valence-corrected chi connectivity index (χ3v) is 4.77. The number of hydrogen-bond donors (Lipinski definition) is 5. The Morgan fingerprint density at radius 2 is 1.90 bits per heavy atom. The van der Waals surface area contributed by atoms with E-state index in [1.807, 2.05) is 30.3 Å². The molecule has 3 rings (SSSR count). The van der Waals surface area contributed by atoms with Gasteiger partial charge in [-0.05, 0) is 31.2 Å². The van der Waals surface area contributed by atoms with Gasteiger partial charge in [0.15, 0.2) is 5.69 Å². The van der Waals surface area contributed by atoms with E-state index in [9.17, 15) is 24.6 Å². The van der Waals surface area contributed by atoms with Gasteiger partial charge in [-0.1, -0.05) is 30.3 Å². The SMILES string of the molecule is O=C(NC(Cc1ccccc1)CC(CO)C(=O)O)c1cc(C(=O)NC2CC2)[nH]n1. The number of benzene rings is 1. The number of aromatic nitrogens is 2. The van der Waals surface area contributed by atoms with Crippen molar-refractivity contribution in [3.63, 3.8) is 0 Å². The molecule has 1 fully saturated rings. The summed E-state index contributed by atoms with van der Waals surface area (Å²) in [6.45, 7) is -0.523. The van der Waals surface area contributed by atoms with E-state index in [1.54, 1.807) is 0 Å². The number of carboxylic acids is 1. The minimum absolute atomic E-state index is 0.0416. The maximum absolute atomic E-state index is 12.6. The zero-order valence-corrected chi connectivity index (χ0v) is 15.8. The van der Waals surface area contributed by atoms with Crippen LogP contribution in [0, 0.1) is 5.92 Å². The molecule has 0 saturated heterocycles. The molecular formula is C20H24N4O5. The molecule has 1 heterocycles. The number of carbonyl (C=O) groups excluding carboxylic acids is 2. The van der Waals surface area contributed by atoms with Gasteiger partial charge in [0.05, 0.1) is 12.5 Å². The molecule has 1 aliphatic carbocycles. The average Bonchev–Trinajstić information content (AvgIpc) is 3.37. The highest BCUT2D eigenvalue weighted by Crippen LogP contribution is 2.19. The van der Waals surface area contributed by atoms with Gasteiger partial charge >= 0.3 is 5.97 Å². The van der Waals surface area contributed by atoms with Crippen LogP contribution in [0.5, 0.6) is 0 Å². The van der Waals surface area contributed by atoms with E-state index >= 15 is 0 Å². The van der Waals surface area contributed by atoms with Crippen molar-refractivity contribution in [2.75, 3.05) is 6.61 Å². The van der Waals surface area contributed by atoms with Crippen LogP contribution in [0.3, 0.4) is 0 Å². The molecule has 2 unspecified atom stereocenters. The Bertz CT molecular complexity index is 863. The van der Waals surface area contributed by atoms with Gasteiger partial charge in [-0.25, -0.2) is 0 Å². The standard InChI is InChI=1S/C20H24N4O5/c25-11-13(20(28)29)9-15(8-12-4-2-1-3-5-12)22-19(27)17-10-16(23-24-17)18(26)21-14-6-7-14/h1-5,10,13-15,25H,6-9,11H2,(H,21,26)(H,22,27)(H,23,24)(H,28,29). The molecular weight excluding hydrogens is 376 g/mol. The highest BCUT2D eigenvalue weighted by molar-refractivity contribution is 5.97. The van der Waals surface area contributed by atoms with Crippen LogP contribution in [0.1, 0.15) is 45.8 Å². The first-order chi connectivity index (χ1) is 14.0. The van der Waals surface area contributed by atoms with Crippen LogP contribution in [-0.2, 0) is 11.2 Å². The number of hydrogen-bond acceptors (Lipinski definition) is 5. The number of nitrogens with one attached hydrogen (secondary N) is 3. The summed E-state index contributed by atoms with van der Waals surface area (Å²) in [5.41, 5.74) is 1.16. The monoisotopic (exact) mass is 400 g/mol. The predicted octanol–water partition coefficient (Wildman–Crippen LogP) is 0.726. The second kappa shape index (κ2) is 9.33. The van der Waals surface area contributed by atoms with E-state index in [4.69, 9.17) is 0 Å². The maximum atomic E-state index is 12.6. The Morgan fingerprint density at radius 1 is 1.17 bits per heavy atom. The van der Waals surface area contributed by atoms with Crippen molar-refractivity contribution in [3.05, 3.63) is 53.3 Å². The summed E-state index contributed by atoms with van der Waals surface area (Å²) in [5, 5.41) is 30.6. The van der Waals surface area contributed by atoms with Gasteiger partial charge in [-0.3, -0.25) is 19.5 Å². The lowest BCUT2D eigenvalue weighted by Gasteiger charge is -2.21. The maximum Gasteiger partial charge on any atom is 0.308 e. The molecule has 1 aliphatic rings. The second-order valence-corrected chi connectivity index (χ2v) is 7.23. The minimum atomic E-state index is -1.13. The number of rotatable bonds is 10. The Kier molecular flexibility index (Phi) is 6.61. The minimum Gasteiger partial charge on any atom is -0.481 e. The molecule has 1 aromatic carbocycles. The molecule has 0 radical (unpaired) electrons. The van der Waals surface area contributed by atoms with Crippen molar-refractivity contribution in [1.29, 1.82) is 0 Å². The summed E-state index contributed by atoms with van der Waals surface area (Å²) < 4.78 is 0. The van der Waals surface area contributed by atoms with Gasteiger partial charge in [0.25, 0.3) is 11.8 Å². The first-order valence-corrected chi connectivity index (χ1v) is 9.51. The molecule has 0 spiro atoms. The summed E-state index contributed by atoms with van der Waals surface area (Å²) in [5.74, 6) is -2.96. The molecule has 2 amide bonds. The van der Waals surface area contributed by atoms with Gasteiger partial charge < -0.3 is 20.8 Å². The van der Waals surface area contributed by atoms with Gasteiger partial charge in [0.2, 0.25) is 0 Å². The van der Waals surface area contributed by atoms with Crippen molar-refractivity contribution in [2.24, 2.45) is 5.92 Å². The molecule has 9 heteroatoms. The zero-order valence-electron chi connectivity index (χ0n) is 15.8. The average molecular weight is 400 g/mol. The summed E-state index contributed by atoms with van der Waals surface area (Å²) in [7, 11) is 0. The van der Waals surface area contributed by atoms with E-state index in [0.29, 0.717) is 6.42 Å². The summed E-state index contributed by atoms with van der Waals surface area (Å²) in [4.78, 5) is 36.0. The first kappa shape index (κ1) is 20.5. The van der Waals surface area contributed by atoms with Crippen LogP contribution >= 0.6 is 0 Å². The van der Waals surface area contributed by atoms with Gasteiger partial charge in [-0.2, -0.15) is 5.10 Å². The van der Waals surface area contributed by atoms with Crippen LogP contribution < -0.4 is 10.6 Å². The van der Waals surface area contributed by atoms with Crippen molar-refractivity contribution in [1.82, 2.24) is 20.8 Å². The number of nitrogens with zero attached hydrogens (tertiary/aromatic N) is 1. The highest BCUT2D eigenvalue weighted by Gasteiger charge is 2.27. The Balaban J connectivity index is 1.68. The number of aliphatic hydroxyl groups excluding tert-OH is 1. The molecule has 1 saturated carbocycles. The fraction of sp³-hybridized carbons (Fsp3) is 0.400.